The fourth-order valence-corrected chi connectivity index (χ4v) is 4.46. The minimum absolute atomic E-state index is 0.0933. The van der Waals surface area contributed by atoms with Crippen LogP contribution in [0.1, 0.15) is 29.5 Å². The molecule has 2 rings (SSSR count). The summed E-state index contributed by atoms with van der Waals surface area (Å²) in [7, 11) is -10.2. The van der Waals surface area contributed by atoms with Crippen LogP contribution in [0.2, 0.25) is 0 Å². The second-order valence-electron chi connectivity index (χ2n) is 4.93. The van der Waals surface area contributed by atoms with E-state index in [1.807, 2.05) is 0 Å². The summed E-state index contributed by atoms with van der Waals surface area (Å²) >= 11 is 0. The Morgan fingerprint density at radius 1 is 0.952 bits per heavy atom. The van der Waals surface area contributed by atoms with Crippen molar-refractivity contribution in [2.45, 2.75) is 25.7 Å². The molecule has 0 radical (unpaired) electrons. The van der Waals surface area contributed by atoms with Gasteiger partial charge in [-0.1, -0.05) is 6.07 Å². The summed E-state index contributed by atoms with van der Waals surface area (Å²) < 4.78 is 22.6. The van der Waals surface area contributed by atoms with Gasteiger partial charge in [-0.15, -0.1) is 0 Å². The van der Waals surface area contributed by atoms with Gasteiger partial charge in [0.2, 0.25) is 0 Å². The summed E-state index contributed by atoms with van der Waals surface area (Å²) in [4.78, 5) is 36.5. The highest BCUT2D eigenvalue weighted by molar-refractivity contribution is 7.77. The lowest BCUT2D eigenvalue weighted by atomic mass is 9.87. The van der Waals surface area contributed by atoms with Crippen LogP contribution in [0.3, 0.4) is 0 Å². The fraction of sp³-hybridized carbons (Fsp3) is 0.333. The lowest BCUT2D eigenvalue weighted by Crippen LogP contribution is -2.05. The molecule has 0 aliphatic heterocycles. The van der Waals surface area contributed by atoms with Gasteiger partial charge in [0.25, 0.3) is 0 Å². The van der Waals surface area contributed by atoms with E-state index in [-0.39, 0.29) is 5.75 Å². The van der Waals surface area contributed by atoms with Crippen molar-refractivity contribution in [3.05, 3.63) is 33.9 Å². The molecular formula is C12H16O7P2. The first kappa shape index (κ1) is 16.4. The Hall–Kier alpha value is -0.940. The first-order chi connectivity index (χ1) is 9.60. The SMILES string of the molecule is O=P(O)(O)C(=Cc1ccc(O)c2c1CCCC2)P(=O)(O)O. The molecule has 7 nitrogen and oxygen atoms in total. The van der Waals surface area contributed by atoms with Crippen molar-refractivity contribution in [1.82, 2.24) is 0 Å². The van der Waals surface area contributed by atoms with E-state index in [0.29, 0.717) is 29.5 Å². The van der Waals surface area contributed by atoms with Crippen LogP contribution in [-0.2, 0) is 22.0 Å². The van der Waals surface area contributed by atoms with Crippen LogP contribution in [0.4, 0.5) is 0 Å². The standard InChI is InChI=1S/C12H16O7P2/c13-11-6-5-8(9-3-1-2-4-10(9)11)7-12(20(14,15)16)21(17,18)19/h5-7,13H,1-4H2,(H2,14,15,16)(H2,17,18,19). The molecule has 1 aromatic carbocycles. The number of aromatic hydroxyl groups is 1. The number of hydrogen-bond acceptors (Lipinski definition) is 3. The van der Waals surface area contributed by atoms with Crippen molar-refractivity contribution in [2.75, 3.05) is 0 Å². The summed E-state index contributed by atoms with van der Waals surface area (Å²) in [6, 6.07) is 2.78. The third-order valence-electron chi connectivity index (χ3n) is 3.43. The highest BCUT2D eigenvalue weighted by atomic mass is 31.2. The topological polar surface area (TPSA) is 135 Å². The molecule has 1 aromatic rings. The zero-order valence-electron chi connectivity index (χ0n) is 11.0. The predicted octanol–water partition coefficient (Wildman–Crippen LogP) is 1.92. The van der Waals surface area contributed by atoms with Gasteiger partial charge in [0, 0.05) is 0 Å². The van der Waals surface area contributed by atoms with E-state index in [0.717, 1.165) is 18.9 Å². The predicted molar refractivity (Wildman–Crippen MR) is 76.8 cm³/mol. The Labute approximate surface area is 121 Å². The van der Waals surface area contributed by atoms with Crippen LogP contribution in [0, 0.1) is 0 Å². The molecular weight excluding hydrogens is 318 g/mol. The van der Waals surface area contributed by atoms with Crippen molar-refractivity contribution < 1.29 is 33.8 Å². The Morgan fingerprint density at radius 3 is 2.00 bits per heavy atom. The zero-order chi connectivity index (χ0) is 15.8. The fourth-order valence-electron chi connectivity index (χ4n) is 2.49. The van der Waals surface area contributed by atoms with Crippen molar-refractivity contribution in [1.29, 1.82) is 0 Å². The van der Waals surface area contributed by atoms with E-state index < -0.39 is 20.2 Å². The lowest BCUT2D eigenvalue weighted by molar-refractivity contribution is 0.368. The van der Waals surface area contributed by atoms with Crippen LogP contribution >= 0.6 is 15.2 Å². The maximum atomic E-state index is 11.3. The Bertz CT molecular complexity index is 659. The van der Waals surface area contributed by atoms with Gasteiger partial charge in [-0.05, 0) is 54.5 Å². The molecule has 0 amide bonds. The normalized spacial score (nSPS) is 15.4. The first-order valence-corrected chi connectivity index (χ1v) is 9.51. The molecule has 21 heavy (non-hydrogen) atoms. The molecule has 0 heterocycles. The number of phenols is 1. The molecule has 0 aromatic heterocycles. The Morgan fingerprint density at radius 2 is 1.48 bits per heavy atom. The van der Waals surface area contributed by atoms with Crippen LogP contribution in [0.15, 0.2) is 17.2 Å². The van der Waals surface area contributed by atoms with Gasteiger partial charge in [0.15, 0.2) is 5.06 Å². The molecule has 5 N–H and O–H groups in total. The largest absolute Gasteiger partial charge is 0.508 e. The van der Waals surface area contributed by atoms with Gasteiger partial charge in [-0.25, -0.2) is 0 Å². The van der Waals surface area contributed by atoms with E-state index >= 15 is 0 Å². The highest BCUT2D eigenvalue weighted by Gasteiger charge is 2.36. The van der Waals surface area contributed by atoms with Crippen molar-refractivity contribution in [3.63, 3.8) is 0 Å². The van der Waals surface area contributed by atoms with Crippen LogP contribution in [0.5, 0.6) is 5.75 Å². The maximum Gasteiger partial charge on any atom is 0.364 e. The summed E-state index contributed by atoms with van der Waals surface area (Å²) in [6.45, 7) is 0. The maximum absolute atomic E-state index is 11.3. The Kier molecular flexibility index (Phi) is 4.45. The smallest absolute Gasteiger partial charge is 0.364 e. The number of phenolic OH excluding ortho intramolecular Hbond substituents is 1. The second-order valence-corrected chi connectivity index (χ2v) is 8.42. The lowest BCUT2D eigenvalue weighted by Gasteiger charge is -2.20. The van der Waals surface area contributed by atoms with Gasteiger partial charge >= 0.3 is 15.2 Å². The number of fused-ring (bicyclic) bond motifs is 1. The summed E-state index contributed by atoms with van der Waals surface area (Å²) in [5.74, 6) is 0.0933. The first-order valence-electron chi connectivity index (χ1n) is 6.28. The monoisotopic (exact) mass is 334 g/mol. The van der Waals surface area contributed by atoms with Gasteiger partial charge in [-0.3, -0.25) is 9.13 Å². The van der Waals surface area contributed by atoms with Crippen LogP contribution in [0.25, 0.3) is 6.08 Å². The summed E-state index contributed by atoms with van der Waals surface area (Å²) in [5, 5.41) is 8.61. The molecule has 0 unspecified atom stereocenters. The average Bonchev–Trinajstić information content (AvgIpc) is 2.35. The highest BCUT2D eigenvalue weighted by Crippen LogP contribution is 2.64. The molecule has 0 saturated carbocycles. The van der Waals surface area contributed by atoms with Gasteiger partial charge < -0.3 is 24.7 Å². The van der Waals surface area contributed by atoms with Crippen molar-refractivity contribution in [3.8, 4) is 5.75 Å². The average molecular weight is 334 g/mol. The van der Waals surface area contributed by atoms with Crippen LogP contribution in [-0.4, -0.2) is 24.7 Å². The van der Waals surface area contributed by atoms with Gasteiger partial charge in [0.1, 0.15) is 5.75 Å². The van der Waals surface area contributed by atoms with E-state index in [9.17, 15) is 14.2 Å². The molecule has 0 saturated heterocycles. The Balaban J connectivity index is 2.64. The van der Waals surface area contributed by atoms with E-state index in [4.69, 9.17) is 19.6 Å². The quantitative estimate of drug-likeness (QED) is 0.533. The van der Waals surface area contributed by atoms with Crippen LogP contribution < -0.4 is 0 Å². The van der Waals surface area contributed by atoms with E-state index in [1.54, 1.807) is 0 Å². The molecule has 1 aliphatic carbocycles. The minimum atomic E-state index is -5.08. The van der Waals surface area contributed by atoms with Crippen molar-refractivity contribution in [2.24, 2.45) is 0 Å². The molecule has 0 atom stereocenters. The third-order valence-corrected chi connectivity index (χ3v) is 6.44. The molecule has 0 fully saturated rings. The number of rotatable bonds is 3. The molecule has 9 heteroatoms. The molecule has 1 aliphatic rings. The zero-order valence-corrected chi connectivity index (χ0v) is 12.8. The van der Waals surface area contributed by atoms with E-state index in [1.165, 1.54) is 12.1 Å². The number of hydrogen-bond donors (Lipinski definition) is 5. The third kappa shape index (κ3) is 3.64. The summed E-state index contributed by atoms with van der Waals surface area (Å²) in [6.07, 6.45) is 3.80. The molecule has 0 bridgehead atoms. The molecule has 0 spiro atoms. The molecule has 116 valence electrons. The number of benzene rings is 1. The van der Waals surface area contributed by atoms with Gasteiger partial charge in [-0.2, -0.15) is 0 Å². The van der Waals surface area contributed by atoms with Crippen molar-refractivity contribution >= 4 is 21.3 Å². The van der Waals surface area contributed by atoms with Gasteiger partial charge in [0.05, 0.1) is 0 Å². The minimum Gasteiger partial charge on any atom is -0.508 e. The van der Waals surface area contributed by atoms with E-state index in [2.05, 4.69) is 0 Å². The summed E-state index contributed by atoms with van der Waals surface area (Å²) in [5.41, 5.74) is 1.68. The second kappa shape index (κ2) is 5.69.